The number of carbonyl (C=O) groups is 1. The molecule has 1 saturated heterocycles. The molecule has 0 spiro atoms. The average Bonchev–Trinajstić information content (AvgIpc) is 2.87. The lowest BCUT2D eigenvalue weighted by Crippen LogP contribution is -2.36. The Bertz CT molecular complexity index is 547. The molecule has 1 fully saturated rings. The van der Waals surface area contributed by atoms with Gasteiger partial charge in [0, 0.05) is 19.1 Å². The number of hydrogen-bond acceptors (Lipinski definition) is 6. The van der Waals surface area contributed by atoms with Crippen molar-refractivity contribution in [2.24, 2.45) is 0 Å². The maximum absolute atomic E-state index is 12.0. The maximum Gasteiger partial charge on any atom is 0.410 e. The van der Waals surface area contributed by atoms with Crippen LogP contribution in [0.3, 0.4) is 0 Å². The van der Waals surface area contributed by atoms with Crippen LogP contribution in [0.1, 0.15) is 27.2 Å². The molecule has 1 aliphatic heterocycles. The molecule has 1 aliphatic rings. The maximum atomic E-state index is 12.0. The number of hydrogen-bond donors (Lipinski definition) is 1. The Hall–Kier alpha value is -1.57. The molecule has 1 aromatic rings. The van der Waals surface area contributed by atoms with E-state index >= 15 is 0 Å². The summed E-state index contributed by atoms with van der Waals surface area (Å²) in [6, 6.07) is 0.0943. The predicted molar refractivity (Wildman–Crippen MR) is 86.1 cm³/mol. The Balaban J connectivity index is 1.95. The number of aromatic nitrogens is 2. The van der Waals surface area contributed by atoms with E-state index in [9.17, 15) is 4.79 Å². The Morgan fingerprint density at radius 3 is 2.86 bits per heavy atom. The minimum atomic E-state index is -0.483. The molecule has 0 bridgehead atoms. The van der Waals surface area contributed by atoms with Gasteiger partial charge in [-0.15, -0.1) is 0 Å². The standard InChI is InChI=1S/C14H21BrN4O3/c1-14(2,3)22-13(20)19-6-5-9(8-19)17-11-12(21-4)18-10(15)7-16-11/h7,9H,5-6,8H2,1-4H3,(H,16,17). The second-order valence-electron chi connectivity index (χ2n) is 6.11. The van der Waals surface area contributed by atoms with Crippen LogP contribution >= 0.6 is 15.9 Å². The number of halogens is 1. The number of nitrogens with zero attached hydrogens (tertiary/aromatic N) is 3. The Morgan fingerprint density at radius 1 is 1.50 bits per heavy atom. The zero-order chi connectivity index (χ0) is 16.3. The minimum Gasteiger partial charge on any atom is -0.478 e. The summed E-state index contributed by atoms with van der Waals surface area (Å²) in [7, 11) is 1.54. The van der Waals surface area contributed by atoms with E-state index in [1.54, 1.807) is 18.2 Å². The molecule has 1 aromatic heterocycles. The molecule has 8 heteroatoms. The van der Waals surface area contributed by atoms with Crippen molar-refractivity contribution in [3.63, 3.8) is 0 Å². The lowest BCUT2D eigenvalue weighted by Gasteiger charge is -2.24. The van der Waals surface area contributed by atoms with Gasteiger partial charge in [-0.2, -0.15) is 0 Å². The summed E-state index contributed by atoms with van der Waals surface area (Å²) < 4.78 is 11.2. The van der Waals surface area contributed by atoms with Crippen LogP contribution in [0.15, 0.2) is 10.8 Å². The first-order valence-corrected chi connectivity index (χ1v) is 7.89. The van der Waals surface area contributed by atoms with Gasteiger partial charge in [-0.3, -0.25) is 0 Å². The fourth-order valence-corrected chi connectivity index (χ4v) is 2.42. The summed E-state index contributed by atoms with van der Waals surface area (Å²) in [5.41, 5.74) is -0.483. The number of nitrogens with one attached hydrogen (secondary N) is 1. The third-order valence-corrected chi connectivity index (χ3v) is 3.47. The van der Waals surface area contributed by atoms with Crippen molar-refractivity contribution in [3.05, 3.63) is 10.8 Å². The number of anilines is 1. The summed E-state index contributed by atoms with van der Waals surface area (Å²) in [4.78, 5) is 22.2. The van der Waals surface area contributed by atoms with Gasteiger partial charge in [-0.25, -0.2) is 14.8 Å². The normalized spacial score (nSPS) is 18.2. The number of carbonyl (C=O) groups excluding carboxylic acids is 1. The SMILES string of the molecule is COc1nc(Br)cnc1NC1CCN(C(=O)OC(C)(C)C)C1. The van der Waals surface area contributed by atoms with Crippen molar-refractivity contribution in [2.45, 2.75) is 38.8 Å². The van der Waals surface area contributed by atoms with Gasteiger partial charge in [-0.05, 0) is 43.1 Å². The van der Waals surface area contributed by atoms with Crippen molar-refractivity contribution in [1.29, 1.82) is 0 Å². The highest BCUT2D eigenvalue weighted by Crippen LogP contribution is 2.24. The summed E-state index contributed by atoms with van der Waals surface area (Å²) in [5, 5.41) is 3.27. The van der Waals surface area contributed by atoms with Crippen LogP contribution in [-0.2, 0) is 4.74 Å². The molecule has 7 nitrogen and oxygen atoms in total. The molecule has 22 heavy (non-hydrogen) atoms. The van der Waals surface area contributed by atoms with Crippen LogP contribution in [0, 0.1) is 0 Å². The molecule has 2 heterocycles. The Kier molecular flexibility index (Phi) is 5.10. The zero-order valence-corrected chi connectivity index (χ0v) is 14.8. The number of ether oxygens (including phenoxy) is 2. The minimum absolute atomic E-state index is 0.0943. The second kappa shape index (κ2) is 6.68. The molecule has 1 atom stereocenters. The average molecular weight is 373 g/mol. The van der Waals surface area contributed by atoms with Gasteiger partial charge in [-0.1, -0.05) is 0 Å². The fraction of sp³-hybridized carbons (Fsp3) is 0.643. The van der Waals surface area contributed by atoms with Crippen LogP contribution in [0.5, 0.6) is 5.88 Å². The third kappa shape index (κ3) is 4.46. The molecule has 1 unspecified atom stereocenters. The number of methoxy groups -OCH3 is 1. The van der Waals surface area contributed by atoms with Crippen LogP contribution in [0.2, 0.25) is 0 Å². The number of rotatable bonds is 3. The van der Waals surface area contributed by atoms with Gasteiger partial charge < -0.3 is 19.7 Å². The highest BCUT2D eigenvalue weighted by Gasteiger charge is 2.30. The third-order valence-electron chi connectivity index (χ3n) is 3.09. The second-order valence-corrected chi connectivity index (χ2v) is 6.92. The number of likely N-dealkylation sites (tertiary alicyclic amines) is 1. The molecular formula is C14H21BrN4O3. The van der Waals surface area contributed by atoms with E-state index in [2.05, 4.69) is 31.2 Å². The van der Waals surface area contributed by atoms with Crippen LogP contribution in [0.4, 0.5) is 10.6 Å². The highest BCUT2D eigenvalue weighted by molar-refractivity contribution is 9.10. The molecule has 0 aliphatic carbocycles. The largest absolute Gasteiger partial charge is 0.478 e. The number of amides is 1. The van der Waals surface area contributed by atoms with Crippen LogP contribution < -0.4 is 10.1 Å². The lowest BCUT2D eigenvalue weighted by atomic mass is 10.2. The first-order chi connectivity index (χ1) is 10.3. The van der Waals surface area contributed by atoms with Gasteiger partial charge in [0.15, 0.2) is 5.82 Å². The van der Waals surface area contributed by atoms with Gasteiger partial charge in [0.05, 0.1) is 13.3 Å². The molecule has 0 saturated carbocycles. The fourth-order valence-electron chi connectivity index (χ4n) is 2.16. The van der Waals surface area contributed by atoms with E-state index in [1.807, 2.05) is 20.8 Å². The molecule has 0 aromatic carbocycles. The first kappa shape index (κ1) is 16.8. The molecule has 122 valence electrons. The van der Waals surface area contributed by atoms with Gasteiger partial charge >= 0.3 is 6.09 Å². The van der Waals surface area contributed by atoms with E-state index in [4.69, 9.17) is 9.47 Å². The van der Waals surface area contributed by atoms with Gasteiger partial charge in [0.25, 0.3) is 5.88 Å². The van der Waals surface area contributed by atoms with Crippen molar-refractivity contribution < 1.29 is 14.3 Å². The molecule has 2 rings (SSSR count). The highest BCUT2D eigenvalue weighted by atomic mass is 79.9. The molecule has 1 N–H and O–H groups in total. The molecule has 0 radical (unpaired) electrons. The van der Waals surface area contributed by atoms with E-state index < -0.39 is 5.60 Å². The Labute approximate surface area is 138 Å². The zero-order valence-electron chi connectivity index (χ0n) is 13.2. The van der Waals surface area contributed by atoms with Crippen molar-refractivity contribution in [3.8, 4) is 5.88 Å². The van der Waals surface area contributed by atoms with Gasteiger partial charge in [0.1, 0.15) is 10.2 Å². The van der Waals surface area contributed by atoms with E-state index in [0.717, 1.165) is 6.42 Å². The lowest BCUT2D eigenvalue weighted by molar-refractivity contribution is 0.0293. The molecule has 1 amide bonds. The van der Waals surface area contributed by atoms with Crippen molar-refractivity contribution >= 4 is 27.8 Å². The Morgan fingerprint density at radius 2 is 2.23 bits per heavy atom. The first-order valence-electron chi connectivity index (χ1n) is 7.09. The van der Waals surface area contributed by atoms with Crippen LogP contribution in [0.25, 0.3) is 0 Å². The summed E-state index contributed by atoms with van der Waals surface area (Å²) in [6.07, 6.45) is 2.14. The summed E-state index contributed by atoms with van der Waals surface area (Å²) in [5.74, 6) is 0.992. The summed E-state index contributed by atoms with van der Waals surface area (Å²) in [6.45, 7) is 6.80. The molecular weight excluding hydrogens is 352 g/mol. The topological polar surface area (TPSA) is 76.6 Å². The van der Waals surface area contributed by atoms with E-state index in [1.165, 1.54) is 0 Å². The summed E-state index contributed by atoms with van der Waals surface area (Å²) >= 11 is 3.26. The van der Waals surface area contributed by atoms with E-state index in [-0.39, 0.29) is 12.1 Å². The van der Waals surface area contributed by atoms with Crippen molar-refractivity contribution in [2.75, 3.05) is 25.5 Å². The van der Waals surface area contributed by atoms with Crippen molar-refractivity contribution in [1.82, 2.24) is 14.9 Å². The quantitative estimate of drug-likeness (QED) is 0.878. The smallest absolute Gasteiger partial charge is 0.410 e. The predicted octanol–water partition coefficient (Wildman–Crippen LogP) is 2.67. The monoisotopic (exact) mass is 372 g/mol. The van der Waals surface area contributed by atoms with Crippen LogP contribution in [-0.4, -0.2) is 52.8 Å². The van der Waals surface area contributed by atoms with Gasteiger partial charge in [0.2, 0.25) is 0 Å². The van der Waals surface area contributed by atoms with E-state index in [0.29, 0.717) is 29.4 Å².